The summed E-state index contributed by atoms with van der Waals surface area (Å²) in [7, 11) is 0. The van der Waals surface area contributed by atoms with Crippen molar-refractivity contribution in [2.75, 3.05) is 5.32 Å². The third-order valence-corrected chi connectivity index (χ3v) is 4.38. The smallest absolute Gasteiger partial charge is 0.135 e. The summed E-state index contributed by atoms with van der Waals surface area (Å²) in [6.07, 6.45) is 6.21. The third kappa shape index (κ3) is 3.38. The number of nitrogens with one attached hydrogen (secondary N) is 1. The highest BCUT2D eigenvalue weighted by Crippen LogP contribution is 2.39. The quantitative estimate of drug-likeness (QED) is 0.841. The molecule has 0 saturated heterocycles. The Labute approximate surface area is 120 Å². The fraction of sp³-hybridized carbons (Fsp3) is 0.733. The SMILES string of the molecule is CC1CC(C)CC(Nc2cc(Cl)nc(C3CC3)n2)C1. The molecule has 3 rings (SSSR count). The minimum absolute atomic E-state index is 0.525. The molecule has 1 N–H and O–H groups in total. The van der Waals surface area contributed by atoms with Crippen molar-refractivity contribution in [3.63, 3.8) is 0 Å². The van der Waals surface area contributed by atoms with Gasteiger partial charge in [0.2, 0.25) is 0 Å². The second-order valence-corrected chi connectivity index (χ2v) is 6.85. The summed E-state index contributed by atoms with van der Waals surface area (Å²) in [5, 5.41) is 4.14. The number of hydrogen-bond donors (Lipinski definition) is 1. The highest BCUT2D eigenvalue weighted by Gasteiger charge is 2.28. The van der Waals surface area contributed by atoms with Crippen LogP contribution in [-0.4, -0.2) is 16.0 Å². The van der Waals surface area contributed by atoms with Gasteiger partial charge in [0.15, 0.2) is 0 Å². The first kappa shape index (κ1) is 13.2. The molecule has 1 aromatic heterocycles. The molecule has 2 atom stereocenters. The standard InChI is InChI=1S/C15H22ClN3/c1-9-5-10(2)7-12(6-9)17-14-8-13(16)18-15(19-14)11-3-4-11/h8-12H,3-7H2,1-2H3,(H,17,18,19). The molecule has 2 saturated carbocycles. The molecule has 2 aliphatic carbocycles. The van der Waals surface area contributed by atoms with Gasteiger partial charge in [0.1, 0.15) is 16.8 Å². The number of hydrogen-bond acceptors (Lipinski definition) is 3. The van der Waals surface area contributed by atoms with E-state index < -0.39 is 0 Å². The molecular weight excluding hydrogens is 258 g/mol. The van der Waals surface area contributed by atoms with E-state index in [2.05, 4.69) is 29.1 Å². The van der Waals surface area contributed by atoms with Crippen LogP contribution >= 0.6 is 11.6 Å². The maximum absolute atomic E-state index is 6.11. The Morgan fingerprint density at radius 1 is 1.11 bits per heavy atom. The van der Waals surface area contributed by atoms with Crippen molar-refractivity contribution < 1.29 is 0 Å². The summed E-state index contributed by atoms with van der Waals surface area (Å²) in [6.45, 7) is 4.68. The Bertz CT molecular complexity index is 449. The number of halogens is 1. The largest absolute Gasteiger partial charge is 0.367 e. The molecule has 19 heavy (non-hydrogen) atoms. The molecule has 1 heterocycles. The summed E-state index contributed by atoms with van der Waals surface area (Å²) in [4.78, 5) is 8.97. The molecule has 4 heteroatoms. The lowest BCUT2D eigenvalue weighted by Gasteiger charge is -2.32. The maximum Gasteiger partial charge on any atom is 0.135 e. The van der Waals surface area contributed by atoms with Crippen molar-refractivity contribution in [1.29, 1.82) is 0 Å². The van der Waals surface area contributed by atoms with Gasteiger partial charge in [0.05, 0.1) is 0 Å². The van der Waals surface area contributed by atoms with Crippen LogP contribution in [0.25, 0.3) is 0 Å². The normalized spacial score (nSPS) is 31.2. The number of aromatic nitrogens is 2. The molecule has 104 valence electrons. The lowest BCUT2D eigenvalue weighted by atomic mass is 9.80. The van der Waals surface area contributed by atoms with Crippen LogP contribution in [0, 0.1) is 11.8 Å². The van der Waals surface area contributed by atoms with Crippen LogP contribution in [0.15, 0.2) is 6.07 Å². The molecule has 2 fully saturated rings. The fourth-order valence-electron chi connectivity index (χ4n) is 3.31. The van der Waals surface area contributed by atoms with Crippen LogP contribution in [-0.2, 0) is 0 Å². The zero-order chi connectivity index (χ0) is 13.4. The van der Waals surface area contributed by atoms with Crippen molar-refractivity contribution in [2.24, 2.45) is 11.8 Å². The Balaban J connectivity index is 1.71. The van der Waals surface area contributed by atoms with Gasteiger partial charge in [-0.3, -0.25) is 0 Å². The molecule has 1 aromatic rings. The topological polar surface area (TPSA) is 37.8 Å². The monoisotopic (exact) mass is 279 g/mol. The van der Waals surface area contributed by atoms with Gasteiger partial charge in [-0.1, -0.05) is 25.4 Å². The molecule has 0 aromatic carbocycles. The van der Waals surface area contributed by atoms with E-state index in [0.29, 0.717) is 17.1 Å². The van der Waals surface area contributed by atoms with E-state index in [4.69, 9.17) is 11.6 Å². The minimum Gasteiger partial charge on any atom is -0.367 e. The Kier molecular flexibility index (Phi) is 3.66. The van der Waals surface area contributed by atoms with Crippen molar-refractivity contribution in [1.82, 2.24) is 9.97 Å². The van der Waals surface area contributed by atoms with Gasteiger partial charge >= 0.3 is 0 Å². The maximum atomic E-state index is 6.11. The third-order valence-electron chi connectivity index (χ3n) is 4.19. The van der Waals surface area contributed by atoms with Crippen LogP contribution in [0.5, 0.6) is 0 Å². The summed E-state index contributed by atoms with van der Waals surface area (Å²) in [5.74, 6) is 3.96. The van der Waals surface area contributed by atoms with Gasteiger partial charge in [-0.15, -0.1) is 0 Å². The van der Waals surface area contributed by atoms with Crippen molar-refractivity contribution in [3.05, 3.63) is 17.0 Å². The van der Waals surface area contributed by atoms with Crippen LogP contribution in [0.2, 0.25) is 5.15 Å². The highest BCUT2D eigenvalue weighted by atomic mass is 35.5. The van der Waals surface area contributed by atoms with Crippen molar-refractivity contribution in [2.45, 2.75) is 57.9 Å². The van der Waals surface area contributed by atoms with E-state index in [1.807, 2.05) is 6.07 Å². The van der Waals surface area contributed by atoms with Crippen LogP contribution < -0.4 is 5.32 Å². The van der Waals surface area contributed by atoms with Crippen LogP contribution in [0.3, 0.4) is 0 Å². The van der Waals surface area contributed by atoms with E-state index in [1.54, 1.807) is 0 Å². The number of nitrogens with zero attached hydrogens (tertiary/aromatic N) is 2. The van der Waals surface area contributed by atoms with Gasteiger partial charge in [-0.25, -0.2) is 9.97 Å². The second-order valence-electron chi connectivity index (χ2n) is 6.47. The van der Waals surface area contributed by atoms with Gasteiger partial charge in [0, 0.05) is 18.0 Å². The first-order valence-corrected chi connectivity index (χ1v) is 7.79. The lowest BCUT2D eigenvalue weighted by molar-refractivity contribution is 0.280. The second kappa shape index (κ2) is 5.28. The first-order valence-electron chi connectivity index (χ1n) is 7.41. The average Bonchev–Trinajstić information content (AvgIpc) is 3.09. The fourth-order valence-corrected chi connectivity index (χ4v) is 3.50. The average molecular weight is 280 g/mol. The molecule has 2 unspecified atom stereocenters. The molecule has 3 nitrogen and oxygen atoms in total. The van der Waals surface area contributed by atoms with E-state index >= 15 is 0 Å². The van der Waals surface area contributed by atoms with E-state index in [0.717, 1.165) is 23.5 Å². The molecular formula is C15H22ClN3. The Morgan fingerprint density at radius 2 is 1.79 bits per heavy atom. The molecule has 2 aliphatic rings. The molecule has 0 radical (unpaired) electrons. The summed E-state index contributed by atoms with van der Waals surface area (Å²) < 4.78 is 0. The van der Waals surface area contributed by atoms with Gasteiger partial charge in [-0.2, -0.15) is 0 Å². The van der Waals surface area contributed by atoms with Gasteiger partial charge < -0.3 is 5.32 Å². The molecule has 0 aliphatic heterocycles. The van der Waals surface area contributed by atoms with E-state index in [-0.39, 0.29) is 0 Å². The van der Waals surface area contributed by atoms with Crippen LogP contribution in [0.1, 0.15) is 57.7 Å². The van der Waals surface area contributed by atoms with E-state index in [1.165, 1.54) is 32.1 Å². The predicted octanol–water partition coefficient (Wildman–Crippen LogP) is 4.24. The van der Waals surface area contributed by atoms with Gasteiger partial charge in [-0.05, 0) is 43.9 Å². The summed E-state index contributed by atoms with van der Waals surface area (Å²) in [5.41, 5.74) is 0. The van der Waals surface area contributed by atoms with E-state index in [9.17, 15) is 0 Å². The predicted molar refractivity (Wildman–Crippen MR) is 78.6 cm³/mol. The van der Waals surface area contributed by atoms with Crippen LogP contribution in [0.4, 0.5) is 5.82 Å². The lowest BCUT2D eigenvalue weighted by Crippen LogP contribution is -2.30. The minimum atomic E-state index is 0.525. The van der Waals surface area contributed by atoms with Gasteiger partial charge in [0.25, 0.3) is 0 Å². The number of rotatable bonds is 3. The molecule has 0 amide bonds. The zero-order valence-electron chi connectivity index (χ0n) is 11.7. The van der Waals surface area contributed by atoms with Crippen molar-refractivity contribution in [3.8, 4) is 0 Å². The molecule has 0 spiro atoms. The summed E-state index contributed by atoms with van der Waals surface area (Å²) in [6, 6.07) is 2.38. The first-order chi connectivity index (χ1) is 9.10. The number of anilines is 1. The summed E-state index contributed by atoms with van der Waals surface area (Å²) >= 11 is 6.11. The zero-order valence-corrected chi connectivity index (χ0v) is 12.5. The Morgan fingerprint density at radius 3 is 2.42 bits per heavy atom. The highest BCUT2D eigenvalue weighted by molar-refractivity contribution is 6.29. The van der Waals surface area contributed by atoms with Crippen molar-refractivity contribution >= 4 is 17.4 Å². The Hall–Kier alpha value is -0.830. The molecule has 0 bridgehead atoms.